The van der Waals surface area contributed by atoms with Gasteiger partial charge in [0.25, 0.3) is 0 Å². The fourth-order valence-electron chi connectivity index (χ4n) is 2.91. The Morgan fingerprint density at radius 3 is 2.38 bits per heavy atom. The van der Waals surface area contributed by atoms with Crippen LogP contribution in [0.25, 0.3) is 0 Å². The van der Waals surface area contributed by atoms with Crippen LogP contribution in [0.4, 0.5) is 0 Å². The number of likely N-dealkylation sites (N-methyl/N-ethyl adjacent to an activating group) is 2. The maximum atomic E-state index is 12.5. The van der Waals surface area contributed by atoms with Gasteiger partial charge in [-0.25, -0.2) is 13.1 Å². The number of rotatable bonds is 6. The Bertz CT molecular complexity index is 749. The van der Waals surface area contributed by atoms with E-state index < -0.39 is 10.0 Å². The van der Waals surface area contributed by atoms with Gasteiger partial charge in [-0.05, 0) is 38.2 Å². The summed E-state index contributed by atoms with van der Waals surface area (Å²) in [6.45, 7) is 1.64. The second-order valence-corrected chi connectivity index (χ2v) is 8.19. The van der Waals surface area contributed by atoms with Gasteiger partial charge < -0.3 is 10.2 Å². The van der Waals surface area contributed by atoms with Crippen molar-refractivity contribution in [1.29, 1.82) is 0 Å². The molecule has 26 heavy (non-hydrogen) atoms. The van der Waals surface area contributed by atoms with E-state index in [1.807, 2.05) is 11.9 Å². The van der Waals surface area contributed by atoms with Gasteiger partial charge in [0.2, 0.25) is 21.8 Å². The molecule has 0 aliphatic carbocycles. The molecule has 8 nitrogen and oxygen atoms in total. The SMILES string of the molecule is CNC(=O)C1CN(C(=O)CCc2ccc(S(=O)(=O)NC)cc2)CCN1C. The van der Waals surface area contributed by atoms with E-state index in [-0.39, 0.29) is 22.8 Å². The lowest BCUT2D eigenvalue weighted by Crippen LogP contribution is -2.58. The first-order valence-electron chi connectivity index (χ1n) is 8.50. The van der Waals surface area contributed by atoms with Gasteiger partial charge in [0.1, 0.15) is 6.04 Å². The minimum absolute atomic E-state index is 0.000994. The zero-order valence-electron chi connectivity index (χ0n) is 15.4. The van der Waals surface area contributed by atoms with E-state index >= 15 is 0 Å². The van der Waals surface area contributed by atoms with Gasteiger partial charge >= 0.3 is 0 Å². The van der Waals surface area contributed by atoms with Crippen LogP contribution < -0.4 is 10.0 Å². The molecule has 2 amide bonds. The van der Waals surface area contributed by atoms with Crippen LogP contribution in [0.1, 0.15) is 12.0 Å². The molecular weight excluding hydrogens is 356 g/mol. The van der Waals surface area contributed by atoms with Crippen molar-refractivity contribution in [2.45, 2.75) is 23.8 Å². The molecule has 0 aromatic heterocycles. The van der Waals surface area contributed by atoms with Gasteiger partial charge in [-0.1, -0.05) is 12.1 Å². The van der Waals surface area contributed by atoms with Crippen molar-refractivity contribution < 1.29 is 18.0 Å². The average Bonchev–Trinajstić information content (AvgIpc) is 2.66. The first-order valence-corrected chi connectivity index (χ1v) is 9.99. The summed E-state index contributed by atoms with van der Waals surface area (Å²) < 4.78 is 25.7. The minimum atomic E-state index is -3.45. The monoisotopic (exact) mass is 382 g/mol. The molecule has 9 heteroatoms. The van der Waals surface area contributed by atoms with Crippen molar-refractivity contribution >= 4 is 21.8 Å². The molecule has 1 aliphatic rings. The highest BCUT2D eigenvalue weighted by Crippen LogP contribution is 2.14. The number of amides is 2. The molecule has 0 saturated carbocycles. The highest BCUT2D eigenvalue weighted by atomic mass is 32.2. The Hall–Kier alpha value is -1.97. The molecule has 1 fully saturated rings. The number of benzene rings is 1. The third-order valence-electron chi connectivity index (χ3n) is 4.68. The molecule has 1 heterocycles. The topological polar surface area (TPSA) is 98.8 Å². The van der Waals surface area contributed by atoms with E-state index in [1.54, 1.807) is 24.1 Å². The highest BCUT2D eigenvalue weighted by molar-refractivity contribution is 7.89. The maximum Gasteiger partial charge on any atom is 0.240 e. The third-order valence-corrected chi connectivity index (χ3v) is 6.11. The van der Waals surface area contributed by atoms with Crippen molar-refractivity contribution in [3.63, 3.8) is 0 Å². The molecule has 1 aliphatic heterocycles. The number of carbonyl (C=O) groups excluding carboxylic acids is 2. The van der Waals surface area contributed by atoms with Crippen molar-refractivity contribution in [2.24, 2.45) is 0 Å². The lowest BCUT2D eigenvalue weighted by Gasteiger charge is -2.38. The number of sulfonamides is 1. The summed E-state index contributed by atoms with van der Waals surface area (Å²) in [5, 5.41) is 2.63. The van der Waals surface area contributed by atoms with E-state index in [9.17, 15) is 18.0 Å². The van der Waals surface area contributed by atoms with Crippen LogP contribution in [-0.4, -0.2) is 76.9 Å². The van der Waals surface area contributed by atoms with Gasteiger partial charge in [0.15, 0.2) is 0 Å². The molecule has 0 radical (unpaired) electrons. The van der Waals surface area contributed by atoms with E-state index in [4.69, 9.17) is 0 Å². The summed E-state index contributed by atoms with van der Waals surface area (Å²) in [5.41, 5.74) is 0.894. The molecule has 1 saturated heterocycles. The number of piperazine rings is 1. The minimum Gasteiger partial charge on any atom is -0.358 e. The Morgan fingerprint density at radius 1 is 1.15 bits per heavy atom. The van der Waals surface area contributed by atoms with Crippen molar-refractivity contribution in [3.8, 4) is 0 Å². The Morgan fingerprint density at radius 2 is 1.81 bits per heavy atom. The van der Waals surface area contributed by atoms with Crippen molar-refractivity contribution in [3.05, 3.63) is 29.8 Å². The quantitative estimate of drug-likeness (QED) is 0.686. The molecule has 2 N–H and O–H groups in total. The first-order chi connectivity index (χ1) is 12.3. The first kappa shape index (κ1) is 20.3. The lowest BCUT2D eigenvalue weighted by molar-refractivity contribution is -0.137. The summed E-state index contributed by atoms with van der Waals surface area (Å²) in [5.74, 6) is -0.0924. The maximum absolute atomic E-state index is 12.5. The normalized spacial score (nSPS) is 18.6. The number of nitrogens with one attached hydrogen (secondary N) is 2. The van der Waals surface area contributed by atoms with Crippen LogP contribution in [-0.2, 0) is 26.0 Å². The summed E-state index contributed by atoms with van der Waals surface area (Å²) in [6.07, 6.45) is 0.845. The van der Waals surface area contributed by atoms with E-state index in [0.29, 0.717) is 32.5 Å². The number of carbonyl (C=O) groups is 2. The van der Waals surface area contributed by atoms with Gasteiger partial charge in [-0.15, -0.1) is 0 Å². The van der Waals surface area contributed by atoms with Crippen molar-refractivity contribution in [1.82, 2.24) is 19.8 Å². The van der Waals surface area contributed by atoms with Gasteiger partial charge in [-0.2, -0.15) is 0 Å². The van der Waals surface area contributed by atoms with Gasteiger partial charge in [0, 0.05) is 33.1 Å². The number of hydrogen-bond acceptors (Lipinski definition) is 5. The fraction of sp³-hybridized carbons (Fsp3) is 0.529. The van der Waals surface area contributed by atoms with Crippen molar-refractivity contribution in [2.75, 3.05) is 40.8 Å². The largest absolute Gasteiger partial charge is 0.358 e. The predicted molar refractivity (Wildman–Crippen MR) is 98.1 cm³/mol. The highest BCUT2D eigenvalue weighted by Gasteiger charge is 2.31. The average molecular weight is 382 g/mol. The second-order valence-electron chi connectivity index (χ2n) is 6.30. The van der Waals surface area contributed by atoms with Crippen LogP contribution >= 0.6 is 0 Å². The van der Waals surface area contributed by atoms with E-state index in [0.717, 1.165) is 5.56 Å². The number of nitrogens with zero attached hydrogens (tertiary/aromatic N) is 2. The zero-order valence-corrected chi connectivity index (χ0v) is 16.2. The molecule has 144 valence electrons. The van der Waals surface area contributed by atoms with Crippen LogP contribution in [0, 0.1) is 0 Å². The Kier molecular flexibility index (Phi) is 6.74. The summed E-state index contributed by atoms with van der Waals surface area (Å²) in [4.78, 5) is 28.3. The van der Waals surface area contributed by atoms with E-state index in [2.05, 4.69) is 10.0 Å². The summed E-state index contributed by atoms with van der Waals surface area (Å²) in [6, 6.07) is 6.17. The van der Waals surface area contributed by atoms with Crippen LogP contribution in [0.5, 0.6) is 0 Å². The summed E-state index contributed by atoms with van der Waals surface area (Å²) in [7, 11) is 1.38. The zero-order chi connectivity index (χ0) is 19.3. The van der Waals surface area contributed by atoms with Gasteiger partial charge in [-0.3, -0.25) is 14.5 Å². The Labute approximate surface area is 154 Å². The molecule has 1 unspecified atom stereocenters. The summed E-state index contributed by atoms with van der Waals surface area (Å²) >= 11 is 0. The van der Waals surface area contributed by atoms with Crippen LogP contribution in [0.3, 0.4) is 0 Å². The predicted octanol–water partition coefficient (Wildman–Crippen LogP) is -0.584. The Balaban J connectivity index is 1.93. The number of aryl methyl sites for hydroxylation is 1. The number of hydrogen-bond donors (Lipinski definition) is 2. The molecule has 0 bridgehead atoms. The van der Waals surface area contributed by atoms with Crippen LogP contribution in [0.2, 0.25) is 0 Å². The molecule has 1 aromatic rings. The van der Waals surface area contributed by atoms with Crippen LogP contribution in [0.15, 0.2) is 29.2 Å². The molecular formula is C17H26N4O4S. The smallest absolute Gasteiger partial charge is 0.240 e. The molecule has 1 aromatic carbocycles. The third kappa shape index (κ3) is 4.80. The van der Waals surface area contributed by atoms with Gasteiger partial charge in [0.05, 0.1) is 4.90 Å². The second kappa shape index (κ2) is 8.61. The lowest BCUT2D eigenvalue weighted by atomic mass is 10.1. The molecule has 2 rings (SSSR count). The standard InChI is InChI=1S/C17H26N4O4S/c1-18-17(23)15-12-21(11-10-20(15)3)16(22)9-6-13-4-7-14(8-5-13)26(24,25)19-2/h4-5,7-8,15,19H,6,9-12H2,1-3H3,(H,18,23). The molecule has 1 atom stereocenters. The fourth-order valence-corrected chi connectivity index (χ4v) is 3.64. The van der Waals surface area contributed by atoms with E-state index in [1.165, 1.54) is 19.2 Å². The molecule has 0 spiro atoms.